The van der Waals surface area contributed by atoms with E-state index in [1.54, 1.807) is 17.1 Å². The molecule has 0 atom stereocenters. The largest absolute Gasteiger partial charge is 1.00 e. The molecule has 0 spiro atoms. The number of halogens is 1. The van der Waals surface area contributed by atoms with Gasteiger partial charge in [-0.2, -0.15) is 0 Å². The number of quaternary nitrogens is 1. The number of benzene rings is 2. The van der Waals surface area contributed by atoms with Crippen LogP contribution in [0.2, 0.25) is 0 Å². The Kier molecular flexibility index (Phi) is 9.71. The molecule has 8 nitrogen and oxygen atoms in total. The molecule has 34 heavy (non-hydrogen) atoms. The lowest BCUT2D eigenvalue weighted by molar-refractivity contribution is -0.554. The van der Waals surface area contributed by atoms with Gasteiger partial charge in [-0.1, -0.05) is 24.3 Å². The highest BCUT2D eigenvalue weighted by molar-refractivity contribution is 5.98. The van der Waals surface area contributed by atoms with E-state index in [-0.39, 0.29) is 18.4 Å². The molecular weight excluding hydrogens is 456 g/mol. The van der Waals surface area contributed by atoms with E-state index in [9.17, 15) is 9.59 Å². The zero-order chi connectivity index (χ0) is 23.0. The fourth-order valence-corrected chi connectivity index (χ4v) is 4.38. The number of anilines is 3. The number of para-hydroxylation sites is 1. The molecule has 0 bridgehead atoms. The predicted molar refractivity (Wildman–Crippen MR) is 127 cm³/mol. The Morgan fingerprint density at radius 3 is 2.56 bits per heavy atom. The van der Waals surface area contributed by atoms with Gasteiger partial charge in [0, 0.05) is 31.7 Å². The molecule has 3 amide bonds. The van der Waals surface area contributed by atoms with Crippen LogP contribution in [0.25, 0.3) is 0 Å². The molecule has 0 unspecified atom stereocenters. The molecule has 2 aliphatic rings. The summed E-state index contributed by atoms with van der Waals surface area (Å²) in [5, 5.41) is 4.55. The van der Waals surface area contributed by atoms with Gasteiger partial charge >= 0.3 is 12.1 Å². The van der Waals surface area contributed by atoms with Gasteiger partial charge in [0.15, 0.2) is 0 Å². The van der Waals surface area contributed by atoms with Crippen LogP contribution >= 0.6 is 0 Å². The van der Waals surface area contributed by atoms with Gasteiger partial charge in [0.05, 0.1) is 37.7 Å². The molecule has 2 heterocycles. The molecule has 0 aliphatic carbocycles. The van der Waals surface area contributed by atoms with Crippen LogP contribution in [0.1, 0.15) is 24.5 Å². The zero-order valence-electron chi connectivity index (χ0n) is 19.6. The number of hydrogen-bond acceptors (Lipinski definition) is 5. The Morgan fingerprint density at radius 1 is 1.06 bits per heavy atom. The molecule has 2 aromatic rings. The molecule has 2 aliphatic heterocycles. The second-order valence-corrected chi connectivity index (χ2v) is 8.29. The highest BCUT2D eigenvalue weighted by atomic mass is 35.5. The van der Waals surface area contributed by atoms with Gasteiger partial charge in [0.25, 0.3) is 0 Å². The van der Waals surface area contributed by atoms with Crippen molar-refractivity contribution in [3.63, 3.8) is 0 Å². The molecule has 184 valence electrons. The van der Waals surface area contributed by atoms with Crippen molar-refractivity contribution in [2.24, 2.45) is 0 Å². The van der Waals surface area contributed by atoms with E-state index in [1.807, 2.05) is 36.4 Å². The lowest BCUT2D eigenvalue weighted by Gasteiger charge is -2.26. The lowest BCUT2D eigenvalue weighted by atomic mass is 10.0. The van der Waals surface area contributed by atoms with E-state index in [0.29, 0.717) is 18.8 Å². The van der Waals surface area contributed by atoms with Gasteiger partial charge in [-0.3, -0.25) is 15.5 Å². The Hall–Kier alpha value is -2.65. The predicted octanol–water partition coefficient (Wildman–Crippen LogP) is -0.0986. The van der Waals surface area contributed by atoms with Crippen LogP contribution in [-0.4, -0.2) is 63.0 Å². The van der Waals surface area contributed by atoms with E-state index >= 15 is 0 Å². The van der Waals surface area contributed by atoms with Gasteiger partial charge in [-0.05, 0) is 49.1 Å². The van der Waals surface area contributed by atoms with Crippen molar-refractivity contribution < 1.29 is 36.8 Å². The maximum absolute atomic E-state index is 13.5. The number of morpholine rings is 1. The van der Waals surface area contributed by atoms with Crippen LogP contribution in [0.5, 0.6) is 0 Å². The third kappa shape index (κ3) is 6.48. The maximum Gasteiger partial charge on any atom is 0.424 e. The summed E-state index contributed by atoms with van der Waals surface area (Å²) in [4.78, 5) is 29.6. The topological polar surface area (TPSA) is 87.7 Å². The first-order valence-corrected chi connectivity index (χ1v) is 11.8. The molecule has 0 saturated carbocycles. The number of nitrogens with zero attached hydrogens (tertiary/aromatic N) is 2. The molecule has 0 radical (unpaired) electrons. The zero-order valence-corrected chi connectivity index (χ0v) is 20.4. The first-order chi connectivity index (χ1) is 16.2. The minimum atomic E-state index is -0.501. The number of amides is 3. The molecule has 0 aromatic heterocycles. The number of aryl methyl sites for hydroxylation is 2. The second-order valence-electron chi connectivity index (χ2n) is 8.29. The quantitative estimate of drug-likeness (QED) is 0.555. The SMILES string of the molecule is CCOC(=O)Nc1ccc2c(c1)N(C(=O)[NH2+]CCCN1CCOCC1)c1ccccc1CC2.[Cl-]. The minimum Gasteiger partial charge on any atom is -1.00 e. The number of urea groups is 1. The van der Waals surface area contributed by atoms with Crippen LogP contribution in [0.3, 0.4) is 0 Å². The smallest absolute Gasteiger partial charge is 0.424 e. The molecule has 2 aromatic carbocycles. The number of ether oxygens (including phenoxy) is 2. The Balaban J connectivity index is 0.00000324. The standard InChI is InChI=1S/C25H32N4O4.ClH/c1-2-33-25(31)27-21-11-10-20-9-8-19-6-3-4-7-22(19)29(23(20)18-21)24(30)26-12-5-13-28-14-16-32-17-15-28;/h3-4,6-7,10-11,18H,2,5,8-9,12-17H2,1H3,(H,26,30)(H,27,31);1H. The van der Waals surface area contributed by atoms with Gasteiger partial charge in [0.2, 0.25) is 0 Å². The number of rotatable bonds is 6. The maximum atomic E-state index is 13.5. The molecular formula is C25H33ClN4O4. The van der Waals surface area contributed by atoms with E-state index < -0.39 is 6.09 Å². The van der Waals surface area contributed by atoms with Crippen LogP contribution in [0.4, 0.5) is 26.7 Å². The Bertz CT molecular complexity index is 981. The van der Waals surface area contributed by atoms with Crippen LogP contribution in [0.15, 0.2) is 42.5 Å². The minimum absolute atomic E-state index is 0. The first-order valence-electron chi connectivity index (χ1n) is 11.8. The molecule has 1 saturated heterocycles. The molecule has 3 N–H and O–H groups in total. The normalized spacial score (nSPS) is 15.4. The highest BCUT2D eigenvalue weighted by Crippen LogP contribution is 2.37. The molecule has 9 heteroatoms. The number of nitrogens with one attached hydrogen (secondary N) is 1. The highest BCUT2D eigenvalue weighted by Gasteiger charge is 2.28. The van der Waals surface area contributed by atoms with Crippen molar-refractivity contribution in [1.29, 1.82) is 0 Å². The summed E-state index contributed by atoms with van der Waals surface area (Å²) in [6, 6.07) is 13.7. The van der Waals surface area contributed by atoms with Crippen LogP contribution in [0, 0.1) is 0 Å². The number of carbonyl (C=O) groups is 2. The third-order valence-electron chi connectivity index (χ3n) is 6.07. The van der Waals surface area contributed by atoms with Crippen molar-refractivity contribution in [2.45, 2.75) is 26.2 Å². The van der Waals surface area contributed by atoms with Gasteiger partial charge in [0.1, 0.15) is 0 Å². The van der Waals surface area contributed by atoms with Crippen molar-refractivity contribution in [1.82, 2.24) is 4.90 Å². The van der Waals surface area contributed by atoms with Crippen LogP contribution < -0.4 is 27.9 Å². The van der Waals surface area contributed by atoms with Crippen molar-refractivity contribution >= 4 is 29.2 Å². The lowest BCUT2D eigenvalue weighted by Crippen LogP contribution is -3.00. The fraction of sp³-hybridized carbons (Fsp3) is 0.440. The van der Waals surface area contributed by atoms with E-state index in [4.69, 9.17) is 9.47 Å². The van der Waals surface area contributed by atoms with E-state index in [2.05, 4.69) is 16.3 Å². The number of fused-ring (bicyclic) bond motifs is 2. The second kappa shape index (κ2) is 12.7. The summed E-state index contributed by atoms with van der Waals surface area (Å²) in [7, 11) is 0. The summed E-state index contributed by atoms with van der Waals surface area (Å²) < 4.78 is 10.4. The average Bonchev–Trinajstić information content (AvgIpc) is 2.99. The molecule has 4 rings (SSSR count). The summed E-state index contributed by atoms with van der Waals surface area (Å²) in [6.45, 7) is 7.22. The van der Waals surface area contributed by atoms with Gasteiger partial charge in [-0.15, -0.1) is 0 Å². The van der Waals surface area contributed by atoms with Crippen LogP contribution in [-0.2, 0) is 22.3 Å². The average molecular weight is 489 g/mol. The summed E-state index contributed by atoms with van der Waals surface area (Å²) in [5.74, 6) is 0. The number of carbonyl (C=O) groups excluding carboxylic acids is 2. The van der Waals surface area contributed by atoms with Crippen molar-refractivity contribution in [2.75, 3.05) is 56.2 Å². The first kappa shape index (κ1) is 26.0. The number of primary amides is 1. The Labute approximate surface area is 207 Å². The van der Waals surface area contributed by atoms with E-state index in [1.165, 1.54) is 0 Å². The molecule has 1 fully saturated rings. The monoisotopic (exact) mass is 488 g/mol. The number of hydrogen-bond donors (Lipinski definition) is 2. The van der Waals surface area contributed by atoms with Crippen molar-refractivity contribution in [3.05, 3.63) is 53.6 Å². The summed E-state index contributed by atoms with van der Waals surface area (Å²) in [5.41, 5.74) is 4.54. The van der Waals surface area contributed by atoms with E-state index in [0.717, 1.165) is 74.6 Å². The van der Waals surface area contributed by atoms with Gasteiger partial charge < -0.3 is 21.9 Å². The number of nitrogens with two attached hydrogens (primary N) is 1. The third-order valence-corrected chi connectivity index (χ3v) is 6.07. The summed E-state index contributed by atoms with van der Waals surface area (Å²) in [6.07, 6.45) is 2.11. The summed E-state index contributed by atoms with van der Waals surface area (Å²) >= 11 is 0. The van der Waals surface area contributed by atoms with Crippen molar-refractivity contribution in [3.8, 4) is 0 Å². The fourth-order valence-electron chi connectivity index (χ4n) is 4.38. The van der Waals surface area contributed by atoms with Gasteiger partial charge in [-0.25, -0.2) is 14.5 Å². The Morgan fingerprint density at radius 2 is 1.79 bits per heavy atom.